The van der Waals surface area contributed by atoms with Crippen LogP contribution in [0.15, 0.2) is 36.4 Å². The Morgan fingerprint density at radius 3 is 2.55 bits per heavy atom. The molecule has 0 unspecified atom stereocenters. The van der Waals surface area contributed by atoms with Gasteiger partial charge in [0.15, 0.2) is 0 Å². The molecule has 1 aliphatic carbocycles. The highest BCUT2D eigenvalue weighted by Gasteiger charge is 2.29. The Balaban J connectivity index is 1.36. The molecule has 0 spiro atoms. The number of likely N-dealkylation sites (tertiary alicyclic amines) is 1. The van der Waals surface area contributed by atoms with Gasteiger partial charge in [-0.3, -0.25) is 4.90 Å². The predicted octanol–water partition coefficient (Wildman–Crippen LogP) is 4.73. The fraction of sp³-hybridized carbons (Fsp3) is 0.375. The Kier molecular flexibility index (Phi) is 5.24. The number of halogens is 2. The summed E-state index contributed by atoms with van der Waals surface area (Å²) < 4.78 is 27.5. The number of hydrogen-bond donors (Lipinski definition) is 1. The first-order chi connectivity index (χ1) is 15.1. The van der Waals surface area contributed by atoms with Crippen LogP contribution in [0.4, 0.5) is 14.6 Å². The van der Waals surface area contributed by atoms with Crippen LogP contribution in [0.25, 0.3) is 11.0 Å². The van der Waals surface area contributed by atoms with Crippen LogP contribution in [-0.2, 0) is 6.54 Å². The maximum atomic E-state index is 14.0. The number of benzene rings is 2. The lowest BCUT2D eigenvalue weighted by Gasteiger charge is -2.32. The SMILES string of the molecule is N#Cc1ccc2nc(NC3CC3)c(C3CCN(Cc4cc(F)ccc4F)CC3)nc2c1. The molecule has 2 aliphatic rings. The summed E-state index contributed by atoms with van der Waals surface area (Å²) in [4.78, 5) is 11.9. The van der Waals surface area contributed by atoms with E-state index in [1.165, 1.54) is 12.1 Å². The maximum Gasteiger partial charge on any atom is 0.149 e. The van der Waals surface area contributed by atoms with Crippen LogP contribution in [-0.4, -0.2) is 34.0 Å². The van der Waals surface area contributed by atoms with Gasteiger partial charge in [-0.05, 0) is 75.2 Å². The largest absolute Gasteiger partial charge is 0.366 e. The molecule has 7 heteroatoms. The van der Waals surface area contributed by atoms with E-state index < -0.39 is 5.82 Å². The van der Waals surface area contributed by atoms with Crippen LogP contribution in [0.2, 0.25) is 0 Å². The number of piperidine rings is 1. The summed E-state index contributed by atoms with van der Waals surface area (Å²) in [7, 11) is 0. The fourth-order valence-corrected chi connectivity index (χ4v) is 4.22. The highest BCUT2D eigenvalue weighted by Crippen LogP contribution is 2.35. The second kappa shape index (κ2) is 8.20. The lowest BCUT2D eigenvalue weighted by Crippen LogP contribution is -2.33. The number of hydrogen-bond acceptors (Lipinski definition) is 5. The molecule has 1 saturated heterocycles. The summed E-state index contributed by atoms with van der Waals surface area (Å²) in [6.07, 6.45) is 4.02. The smallest absolute Gasteiger partial charge is 0.149 e. The van der Waals surface area contributed by atoms with Gasteiger partial charge in [0.05, 0.1) is 28.4 Å². The Morgan fingerprint density at radius 1 is 1.00 bits per heavy atom. The molecule has 0 atom stereocenters. The van der Waals surface area contributed by atoms with E-state index in [-0.39, 0.29) is 11.7 Å². The van der Waals surface area contributed by atoms with E-state index >= 15 is 0 Å². The van der Waals surface area contributed by atoms with E-state index in [9.17, 15) is 14.0 Å². The van der Waals surface area contributed by atoms with Gasteiger partial charge in [-0.25, -0.2) is 18.7 Å². The number of aromatic nitrogens is 2. The number of rotatable bonds is 5. The summed E-state index contributed by atoms with van der Waals surface area (Å²) in [5.41, 5.74) is 3.43. The van der Waals surface area contributed by atoms with Crippen LogP contribution in [0.5, 0.6) is 0 Å². The van der Waals surface area contributed by atoms with Crippen molar-refractivity contribution in [1.82, 2.24) is 14.9 Å². The number of nitrogens with one attached hydrogen (secondary N) is 1. The molecule has 0 amide bonds. The van der Waals surface area contributed by atoms with Gasteiger partial charge in [0.1, 0.15) is 17.5 Å². The van der Waals surface area contributed by atoms with Gasteiger partial charge >= 0.3 is 0 Å². The van der Waals surface area contributed by atoms with Gasteiger partial charge in [-0.1, -0.05) is 0 Å². The molecule has 2 heterocycles. The minimum absolute atomic E-state index is 0.234. The van der Waals surface area contributed by atoms with Crippen LogP contribution >= 0.6 is 0 Å². The van der Waals surface area contributed by atoms with Gasteiger partial charge in [-0.2, -0.15) is 5.26 Å². The molecule has 1 aromatic heterocycles. The van der Waals surface area contributed by atoms with E-state index in [0.29, 0.717) is 23.7 Å². The van der Waals surface area contributed by atoms with Crippen LogP contribution in [0.1, 0.15) is 48.4 Å². The molecule has 3 aromatic rings. The maximum absolute atomic E-state index is 14.0. The van der Waals surface area contributed by atoms with E-state index in [1.54, 1.807) is 12.1 Å². The molecule has 31 heavy (non-hydrogen) atoms. The summed E-state index contributed by atoms with van der Waals surface area (Å²) in [5, 5.41) is 12.7. The zero-order chi connectivity index (χ0) is 21.4. The summed E-state index contributed by atoms with van der Waals surface area (Å²) in [6, 6.07) is 11.6. The summed E-state index contributed by atoms with van der Waals surface area (Å²) >= 11 is 0. The molecule has 5 nitrogen and oxygen atoms in total. The third-order valence-electron chi connectivity index (χ3n) is 6.11. The molecule has 2 fully saturated rings. The number of nitriles is 1. The van der Waals surface area contributed by atoms with Crippen molar-refractivity contribution in [3.63, 3.8) is 0 Å². The highest BCUT2D eigenvalue weighted by molar-refractivity contribution is 5.78. The highest BCUT2D eigenvalue weighted by atomic mass is 19.1. The van der Waals surface area contributed by atoms with Crippen molar-refractivity contribution in [2.45, 2.75) is 44.2 Å². The van der Waals surface area contributed by atoms with Gasteiger partial charge < -0.3 is 5.32 Å². The first-order valence-corrected chi connectivity index (χ1v) is 10.7. The third-order valence-corrected chi connectivity index (χ3v) is 6.11. The van der Waals surface area contributed by atoms with Crippen LogP contribution in [0.3, 0.4) is 0 Å². The van der Waals surface area contributed by atoms with Crippen LogP contribution < -0.4 is 5.32 Å². The molecule has 0 bridgehead atoms. The molecule has 2 aromatic carbocycles. The predicted molar refractivity (Wildman–Crippen MR) is 115 cm³/mol. The van der Waals surface area contributed by atoms with E-state index in [2.05, 4.69) is 16.3 Å². The molecular weight excluding hydrogens is 396 g/mol. The first-order valence-electron chi connectivity index (χ1n) is 10.7. The molecular formula is C24H23F2N5. The minimum atomic E-state index is -0.412. The Labute approximate surface area is 179 Å². The summed E-state index contributed by atoms with van der Waals surface area (Å²) in [6.45, 7) is 1.96. The van der Waals surface area contributed by atoms with Crippen molar-refractivity contribution in [3.8, 4) is 6.07 Å². The Bertz CT molecular complexity index is 1160. The normalized spacial score (nSPS) is 17.6. The van der Waals surface area contributed by atoms with Crippen LogP contribution in [0, 0.1) is 23.0 Å². The number of fused-ring (bicyclic) bond motifs is 1. The third kappa shape index (κ3) is 4.35. The van der Waals surface area contributed by atoms with Gasteiger partial charge in [0, 0.05) is 24.1 Å². The average molecular weight is 419 g/mol. The summed E-state index contributed by atoms with van der Waals surface area (Å²) in [5.74, 6) is 0.297. The van der Waals surface area contributed by atoms with E-state index in [0.717, 1.165) is 67.4 Å². The van der Waals surface area contributed by atoms with Crippen molar-refractivity contribution in [2.24, 2.45) is 0 Å². The van der Waals surface area contributed by atoms with Gasteiger partial charge in [-0.15, -0.1) is 0 Å². The average Bonchev–Trinajstić information content (AvgIpc) is 3.60. The van der Waals surface area contributed by atoms with Crippen molar-refractivity contribution in [3.05, 3.63) is 64.9 Å². The Morgan fingerprint density at radius 2 is 1.81 bits per heavy atom. The molecule has 5 rings (SSSR count). The fourth-order valence-electron chi connectivity index (χ4n) is 4.22. The van der Waals surface area contributed by atoms with Crippen molar-refractivity contribution < 1.29 is 8.78 Å². The lowest BCUT2D eigenvalue weighted by atomic mass is 9.92. The molecule has 1 aliphatic heterocycles. The molecule has 1 N–H and O–H groups in total. The topological polar surface area (TPSA) is 64.8 Å². The van der Waals surface area contributed by atoms with E-state index in [4.69, 9.17) is 9.97 Å². The molecule has 158 valence electrons. The second-order valence-electron chi connectivity index (χ2n) is 8.48. The molecule has 0 radical (unpaired) electrons. The monoisotopic (exact) mass is 419 g/mol. The zero-order valence-electron chi connectivity index (χ0n) is 17.1. The Hall–Kier alpha value is -3.11. The van der Waals surface area contributed by atoms with Gasteiger partial charge in [0.2, 0.25) is 0 Å². The standard InChI is InChI=1S/C24H23F2N5/c25-18-2-5-20(26)17(12-18)14-31-9-7-16(8-10-31)23-24(28-19-3-4-19)30-21-6-1-15(13-27)11-22(21)29-23/h1-2,5-6,11-12,16,19H,3-4,7-10,14H2,(H,28,30). The molecule has 1 saturated carbocycles. The lowest BCUT2D eigenvalue weighted by molar-refractivity contribution is 0.201. The van der Waals surface area contributed by atoms with E-state index in [1.807, 2.05) is 6.07 Å². The van der Waals surface area contributed by atoms with Crippen molar-refractivity contribution in [2.75, 3.05) is 18.4 Å². The van der Waals surface area contributed by atoms with Gasteiger partial charge in [0.25, 0.3) is 0 Å². The first kappa shape index (κ1) is 19.8. The number of anilines is 1. The minimum Gasteiger partial charge on any atom is -0.366 e. The van der Waals surface area contributed by atoms with Crippen molar-refractivity contribution >= 4 is 16.9 Å². The zero-order valence-corrected chi connectivity index (χ0v) is 17.1. The van der Waals surface area contributed by atoms with Crippen molar-refractivity contribution in [1.29, 1.82) is 5.26 Å². The quantitative estimate of drug-likeness (QED) is 0.648. The number of nitrogens with zero attached hydrogens (tertiary/aromatic N) is 4. The second-order valence-corrected chi connectivity index (χ2v) is 8.48.